The highest BCUT2D eigenvalue weighted by Crippen LogP contribution is 2.22. The molecule has 2 rings (SSSR count). The van der Waals surface area contributed by atoms with Crippen molar-refractivity contribution in [3.8, 4) is 0 Å². The fourth-order valence-corrected chi connectivity index (χ4v) is 2.09. The molecule has 0 spiro atoms. The van der Waals surface area contributed by atoms with Crippen LogP contribution in [0.2, 0.25) is 0 Å². The maximum Gasteiger partial charge on any atom is 0.0641 e. The van der Waals surface area contributed by atoms with E-state index in [1.54, 1.807) is 0 Å². The maximum atomic E-state index is 4.66. The fourth-order valence-electron chi connectivity index (χ4n) is 2.09. The number of hydrogen-bond donors (Lipinski definition) is 1. The van der Waals surface area contributed by atoms with Gasteiger partial charge in [0, 0.05) is 29.9 Å². The second kappa shape index (κ2) is 4.58. The molecule has 0 aliphatic heterocycles. The molecule has 1 N–H and O–H groups in total. The molecule has 0 radical (unpaired) electrons. The van der Waals surface area contributed by atoms with Crippen LogP contribution in [0.3, 0.4) is 0 Å². The van der Waals surface area contributed by atoms with Crippen molar-refractivity contribution in [2.24, 2.45) is 0 Å². The zero-order valence-corrected chi connectivity index (χ0v) is 10.9. The van der Waals surface area contributed by atoms with Crippen LogP contribution in [-0.4, -0.2) is 15.8 Å². The molecule has 0 aromatic carbocycles. The van der Waals surface area contributed by atoms with Crippen molar-refractivity contribution >= 4 is 0 Å². The Kier molecular flexibility index (Phi) is 3.33. The Morgan fingerprint density at radius 1 is 1.44 bits per heavy atom. The molecule has 90 valence electrons. The molecule has 0 amide bonds. The van der Waals surface area contributed by atoms with Crippen molar-refractivity contribution in [2.45, 2.75) is 65.6 Å². The van der Waals surface area contributed by atoms with Crippen LogP contribution in [0.5, 0.6) is 0 Å². The van der Waals surface area contributed by atoms with Gasteiger partial charge in [0.2, 0.25) is 0 Å². The number of hydrogen-bond acceptors (Lipinski definition) is 2. The van der Waals surface area contributed by atoms with Crippen LogP contribution in [-0.2, 0) is 6.54 Å². The molecule has 16 heavy (non-hydrogen) atoms. The summed E-state index contributed by atoms with van der Waals surface area (Å²) in [5.41, 5.74) is 3.91. The first-order chi connectivity index (χ1) is 7.63. The average Bonchev–Trinajstić information content (AvgIpc) is 3.04. The average molecular weight is 221 g/mol. The molecular formula is C13H23N3. The Hall–Kier alpha value is -0.830. The van der Waals surface area contributed by atoms with Crippen molar-refractivity contribution in [2.75, 3.05) is 0 Å². The van der Waals surface area contributed by atoms with E-state index in [1.165, 1.54) is 29.8 Å². The minimum atomic E-state index is 0.508. The predicted molar refractivity (Wildman–Crippen MR) is 66.6 cm³/mol. The van der Waals surface area contributed by atoms with Crippen LogP contribution in [0.4, 0.5) is 0 Å². The first kappa shape index (κ1) is 11.6. The predicted octanol–water partition coefficient (Wildman–Crippen LogP) is 2.72. The van der Waals surface area contributed by atoms with Gasteiger partial charge in [-0.15, -0.1) is 0 Å². The Bertz CT molecular complexity index is 363. The highest BCUT2D eigenvalue weighted by molar-refractivity contribution is 5.25. The molecular weight excluding hydrogens is 198 g/mol. The second-order valence-electron chi connectivity index (χ2n) is 5.01. The van der Waals surface area contributed by atoms with Gasteiger partial charge in [-0.05, 0) is 40.0 Å². The van der Waals surface area contributed by atoms with Crippen molar-refractivity contribution < 1.29 is 0 Å². The van der Waals surface area contributed by atoms with E-state index in [0.29, 0.717) is 6.04 Å². The Balaban J connectivity index is 2.13. The number of nitrogens with one attached hydrogen (secondary N) is 1. The van der Waals surface area contributed by atoms with Gasteiger partial charge in [0.25, 0.3) is 0 Å². The summed E-state index contributed by atoms with van der Waals surface area (Å²) < 4.78 is 2.18. The van der Waals surface area contributed by atoms with Gasteiger partial charge in [-0.3, -0.25) is 4.68 Å². The van der Waals surface area contributed by atoms with Gasteiger partial charge in [0.15, 0.2) is 0 Å². The van der Waals surface area contributed by atoms with Crippen molar-refractivity contribution in [1.29, 1.82) is 0 Å². The molecule has 1 unspecified atom stereocenters. The Morgan fingerprint density at radius 3 is 2.69 bits per heavy atom. The van der Waals surface area contributed by atoms with Crippen LogP contribution >= 0.6 is 0 Å². The van der Waals surface area contributed by atoms with Gasteiger partial charge >= 0.3 is 0 Å². The van der Waals surface area contributed by atoms with Crippen LogP contribution < -0.4 is 5.32 Å². The van der Waals surface area contributed by atoms with Crippen molar-refractivity contribution in [3.63, 3.8) is 0 Å². The molecule has 1 atom stereocenters. The van der Waals surface area contributed by atoms with Crippen LogP contribution in [0.1, 0.15) is 56.1 Å². The second-order valence-corrected chi connectivity index (χ2v) is 5.01. The molecule has 1 heterocycles. The minimum Gasteiger partial charge on any atom is -0.310 e. The number of aromatic nitrogens is 2. The molecule has 1 aromatic rings. The van der Waals surface area contributed by atoms with E-state index in [0.717, 1.165) is 19.0 Å². The Morgan fingerprint density at radius 2 is 2.12 bits per heavy atom. The number of nitrogens with zero attached hydrogens (tertiary/aromatic N) is 2. The number of aryl methyl sites for hydroxylation is 1. The standard InChI is InChI=1S/C13H23N3/c1-5-9(2)16-11(4)13(10(3)15-16)8-14-12-6-7-12/h9,12,14H,5-8H2,1-4H3. The third-order valence-corrected chi connectivity index (χ3v) is 3.63. The molecule has 1 aliphatic rings. The Labute approximate surface area is 98.2 Å². The maximum absolute atomic E-state index is 4.66. The van der Waals surface area contributed by atoms with Gasteiger partial charge in [0.1, 0.15) is 0 Å². The van der Waals surface area contributed by atoms with E-state index in [9.17, 15) is 0 Å². The van der Waals surface area contributed by atoms with E-state index >= 15 is 0 Å². The normalized spacial score (nSPS) is 17.8. The molecule has 1 aromatic heterocycles. The quantitative estimate of drug-likeness (QED) is 0.828. The van der Waals surface area contributed by atoms with Gasteiger partial charge in [-0.25, -0.2) is 0 Å². The third kappa shape index (κ3) is 2.29. The summed E-state index contributed by atoms with van der Waals surface area (Å²) in [7, 11) is 0. The summed E-state index contributed by atoms with van der Waals surface area (Å²) in [5, 5.41) is 8.23. The largest absolute Gasteiger partial charge is 0.310 e. The molecule has 1 fully saturated rings. The van der Waals surface area contributed by atoms with Crippen LogP contribution in [0, 0.1) is 13.8 Å². The summed E-state index contributed by atoms with van der Waals surface area (Å²) >= 11 is 0. The lowest BCUT2D eigenvalue weighted by Crippen LogP contribution is -2.16. The van der Waals surface area contributed by atoms with E-state index in [4.69, 9.17) is 0 Å². The van der Waals surface area contributed by atoms with Gasteiger partial charge in [-0.2, -0.15) is 5.10 Å². The third-order valence-electron chi connectivity index (χ3n) is 3.63. The lowest BCUT2D eigenvalue weighted by atomic mass is 10.2. The highest BCUT2D eigenvalue weighted by atomic mass is 15.3. The van der Waals surface area contributed by atoms with E-state index < -0.39 is 0 Å². The number of rotatable bonds is 5. The summed E-state index contributed by atoms with van der Waals surface area (Å²) in [4.78, 5) is 0. The smallest absolute Gasteiger partial charge is 0.0641 e. The molecule has 1 aliphatic carbocycles. The minimum absolute atomic E-state index is 0.508. The van der Waals surface area contributed by atoms with Crippen molar-refractivity contribution in [3.05, 3.63) is 17.0 Å². The molecule has 0 bridgehead atoms. The summed E-state index contributed by atoms with van der Waals surface area (Å²) in [6, 6.07) is 1.28. The topological polar surface area (TPSA) is 29.9 Å². The molecule has 3 heteroatoms. The van der Waals surface area contributed by atoms with Gasteiger partial charge < -0.3 is 5.32 Å². The van der Waals surface area contributed by atoms with Crippen LogP contribution in [0.15, 0.2) is 0 Å². The highest BCUT2D eigenvalue weighted by Gasteiger charge is 2.22. The lowest BCUT2D eigenvalue weighted by Gasteiger charge is -2.12. The molecule has 3 nitrogen and oxygen atoms in total. The monoisotopic (exact) mass is 221 g/mol. The van der Waals surface area contributed by atoms with Crippen LogP contribution in [0.25, 0.3) is 0 Å². The zero-order valence-electron chi connectivity index (χ0n) is 10.9. The lowest BCUT2D eigenvalue weighted by molar-refractivity contribution is 0.464. The van der Waals surface area contributed by atoms with Gasteiger partial charge in [0.05, 0.1) is 5.69 Å². The summed E-state index contributed by atoms with van der Waals surface area (Å²) in [5.74, 6) is 0. The summed E-state index contributed by atoms with van der Waals surface area (Å²) in [6.45, 7) is 9.74. The molecule has 1 saturated carbocycles. The zero-order chi connectivity index (χ0) is 11.7. The van der Waals surface area contributed by atoms with E-state index in [1.807, 2.05) is 0 Å². The fraction of sp³-hybridized carbons (Fsp3) is 0.769. The first-order valence-electron chi connectivity index (χ1n) is 6.41. The summed E-state index contributed by atoms with van der Waals surface area (Å²) in [6.07, 6.45) is 3.83. The van der Waals surface area contributed by atoms with E-state index in [2.05, 4.69) is 42.8 Å². The van der Waals surface area contributed by atoms with Crippen molar-refractivity contribution in [1.82, 2.24) is 15.1 Å². The SMILES string of the molecule is CCC(C)n1nc(C)c(CNC2CC2)c1C. The molecule has 0 saturated heterocycles. The first-order valence-corrected chi connectivity index (χ1v) is 6.41. The van der Waals surface area contributed by atoms with E-state index in [-0.39, 0.29) is 0 Å². The van der Waals surface area contributed by atoms with Gasteiger partial charge in [-0.1, -0.05) is 6.92 Å².